The molecule has 0 radical (unpaired) electrons. The van der Waals surface area contributed by atoms with Gasteiger partial charge in [-0.25, -0.2) is 8.42 Å². The number of nitrogens with zero attached hydrogens (tertiary/aromatic N) is 1. The number of thioether (sulfide) groups is 1. The number of anilines is 2. The van der Waals surface area contributed by atoms with Gasteiger partial charge in [-0.05, 0) is 24.6 Å². The van der Waals surface area contributed by atoms with Crippen LogP contribution in [0.3, 0.4) is 0 Å². The van der Waals surface area contributed by atoms with Crippen molar-refractivity contribution in [1.29, 1.82) is 0 Å². The number of hydrogen-bond donors (Lipinski definition) is 1. The molecule has 2 rings (SSSR count). The van der Waals surface area contributed by atoms with Crippen molar-refractivity contribution in [3.63, 3.8) is 0 Å². The molecular formula is C12H18N2O2S2. The largest absolute Gasteiger partial charge is 0.397 e. The van der Waals surface area contributed by atoms with E-state index in [9.17, 15) is 8.42 Å². The standard InChI is InChI=1S/C12H18N2O2S2/c1-9-3-4-11(10(13)7-9)14-5-6-17-8-12(14)18(2,15)16/h3-4,7,12H,5-6,8,13H2,1-2H3. The lowest BCUT2D eigenvalue weighted by atomic mass is 10.2. The SMILES string of the molecule is Cc1ccc(N2CCSCC2S(C)(=O)=O)c(N)c1. The summed E-state index contributed by atoms with van der Waals surface area (Å²) >= 11 is 1.68. The molecule has 1 heterocycles. The molecule has 18 heavy (non-hydrogen) atoms. The van der Waals surface area contributed by atoms with Gasteiger partial charge in [0.05, 0.1) is 11.4 Å². The van der Waals surface area contributed by atoms with Gasteiger partial charge in [0.25, 0.3) is 0 Å². The van der Waals surface area contributed by atoms with E-state index in [0.29, 0.717) is 11.4 Å². The van der Waals surface area contributed by atoms with Gasteiger partial charge in [0, 0.05) is 24.3 Å². The van der Waals surface area contributed by atoms with Crippen molar-refractivity contribution in [3.8, 4) is 0 Å². The first kappa shape index (κ1) is 13.5. The maximum Gasteiger partial charge on any atom is 0.169 e. The van der Waals surface area contributed by atoms with Crippen molar-refractivity contribution in [2.45, 2.75) is 12.3 Å². The zero-order chi connectivity index (χ0) is 13.3. The molecule has 0 amide bonds. The van der Waals surface area contributed by atoms with Crippen LogP contribution in [0.15, 0.2) is 18.2 Å². The predicted octanol–water partition coefficient (Wildman–Crippen LogP) is 1.50. The monoisotopic (exact) mass is 286 g/mol. The smallest absolute Gasteiger partial charge is 0.169 e. The summed E-state index contributed by atoms with van der Waals surface area (Å²) in [6.07, 6.45) is 1.29. The number of nitrogen functional groups attached to an aromatic ring is 1. The first-order valence-corrected chi connectivity index (χ1v) is 8.90. The average Bonchev–Trinajstić information content (AvgIpc) is 2.28. The molecule has 1 aliphatic rings. The predicted molar refractivity (Wildman–Crippen MR) is 78.9 cm³/mol. The van der Waals surface area contributed by atoms with Crippen molar-refractivity contribution >= 4 is 33.0 Å². The lowest BCUT2D eigenvalue weighted by Crippen LogP contribution is -2.47. The zero-order valence-corrected chi connectivity index (χ0v) is 12.2. The number of hydrogen-bond acceptors (Lipinski definition) is 5. The van der Waals surface area contributed by atoms with Crippen LogP contribution >= 0.6 is 11.8 Å². The lowest BCUT2D eigenvalue weighted by Gasteiger charge is -2.36. The molecule has 1 atom stereocenters. The van der Waals surface area contributed by atoms with E-state index in [1.807, 2.05) is 30.0 Å². The number of nitrogens with two attached hydrogens (primary N) is 1. The maximum absolute atomic E-state index is 11.9. The summed E-state index contributed by atoms with van der Waals surface area (Å²) in [5.41, 5.74) is 8.58. The fourth-order valence-corrected chi connectivity index (χ4v) is 4.98. The molecule has 1 saturated heterocycles. The lowest BCUT2D eigenvalue weighted by molar-refractivity contribution is 0.584. The van der Waals surface area contributed by atoms with Gasteiger partial charge >= 0.3 is 0 Å². The van der Waals surface area contributed by atoms with Crippen molar-refractivity contribution < 1.29 is 8.42 Å². The van der Waals surface area contributed by atoms with Gasteiger partial charge in [0.2, 0.25) is 0 Å². The zero-order valence-electron chi connectivity index (χ0n) is 10.6. The molecule has 1 aromatic rings. The highest BCUT2D eigenvalue weighted by Crippen LogP contribution is 2.31. The molecule has 1 aromatic carbocycles. The van der Waals surface area contributed by atoms with E-state index in [0.717, 1.165) is 23.5 Å². The Morgan fingerprint density at radius 3 is 2.78 bits per heavy atom. The molecule has 0 saturated carbocycles. The number of aryl methyl sites for hydroxylation is 1. The number of benzene rings is 1. The van der Waals surface area contributed by atoms with Gasteiger partial charge in [-0.2, -0.15) is 11.8 Å². The van der Waals surface area contributed by atoms with Gasteiger partial charge < -0.3 is 10.6 Å². The third-order valence-corrected chi connectivity index (χ3v) is 5.71. The Morgan fingerprint density at radius 2 is 2.17 bits per heavy atom. The molecule has 2 N–H and O–H groups in total. The topological polar surface area (TPSA) is 63.4 Å². The van der Waals surface area contributed by atoms with Crippen LogP contribution in [-0.4, -0.2) is 38.1 Å². The Morgan fingerprint density at radius 1 is 1.44 bits per heavy atom. The second-order valence-electron chi connectivity index (χ2n) is 4.61. The highest BCUT2D eigenvalue weighted by atomic mass is 32.2. The quantitative estimate of drug-likeness (QED) is 0.835. The minimum Gasteiger partial charge on any atom is -0.397 e. The van der Waals surface area contributed by atoms with Crippen molar-refractivity contribution in [2.24, 2.45) is 0 Å². The molecule has 1 fully saturated rings. The summed E-state index contributed by atoms with van der Waals surface area (Å²) in [6, 6.07) is 5.77. The summed E-state index contributed by atoms with van der Waals surface area (Å²) in [7, 11) is -3.10. The van der Waals surface area contributed by atoms with Crippen molar-refractivity contribution in [1.82, 2.24) is 0 Å². The molecule has 100 valence electrons. The highest BCUT2D eigenvalue weighted by Gasteiger charge is 2.31. The van der Waals surface area contributed by atoms with Gasteiger partial charge in [-0.15, -0.1) is 0 Å². The normalized spacial score (nSPS) is 21.0. The van der Waals surface area contributed by atoms with E-state index >= 15 is 0 Å². The van der Waals surface area contributed by atoms with Crippen LogP contribution in [0.2, 0.25) is 0 Å². The van der Waals surface area contributed by atoms with E-state index in [1.165, 1.54) is 6.26 Å². The van der Waals surface area contributed by atoms with E-state index in [4.69, 9.17) is 5.73 Å². The second kappa shape index (κ2) is 5.01. The number of sulfone groups is 1. The minimum absolute atomic E-state index is 0.471. The van der Waals surface area contributed by atoms with Crippen LogP contribution in [0.5, 0.6) is 0 Å². The Kier molecular flexibility index (Phi) is 3.77. The molecule has 1 unspecified atom stereocenters. The summed E-state index contributed by atoms with van der Waals surface area (Å²) in [6.45, 7) is 2.69. The molecule has 4 nitrogen and oxygen atoms in total. The molecule has 1 aliphatic heterocycles. The Labute approximate surface area is 112 Å². The van der Waals surface area contributed by atoms with Gasteiger partial charge in [0.15, 0.2) is 9.84 Å². The third-order valence-electron chi connectivity index (χ3n) is 3.07. The Bertz CT molecular complexity index is 543. The van der Waals surface area contributed by atoms with Crippen molar-refractivity contribution in [3.05, 3.63) is 23.8 Å². The van der Waals surface area contributed by atoms with Crippen LogP contribution in [0.4, 0.5) is 11.4 Å². The Hall–Kier alpha value is -0.880. The summed E-state index contributed by atoms with van der Waals surface area (Å²) in [5.74, 6) is 1.53. The van der Waals surface area contributed by atoms with E-state index in [-0.39, 0.29) is 0 Å². The van der Waals surface area contributed by atoms with E-state index in [1.54, 1.807) is 11.8 Å². The van der Waals surface area contributed by atoms with Crippen LogP contribution in [0.25, 0.3) is 0 Å². The summed E-state index contributed by atoms with van der Waals surface area (Å²) < 4.78 is 23.7. The Balaban J connectivity index is 2.40. The average molecular weight is 286 g/mol. The fourth-order valence-electron chi connectivity index (χ4n) is 2.15. The van der Waals surface area contributed by atoms with Crippen LogP contribution in [0.1, 0.15) is 5.56 Å². The fraction of sp³-hybridized carbons (Fsp3) is 0.500. The van der Waals surface area contributed by atoms with Gasteiger partial charge in [-0.1, -0.05) is 6.07 Å². The summed E-state index contributed by atoms with van der Waals surface area (Å²) in [5, 5.41) is -0.471. The van der Waals surface area contributed by atoms with E-state index < -0.39 is 15.2 Å². The molecule has 0 bridgehead atoms. The summed E-state index contributed by atoms with van der Waals surface area (Å²) in [4.78, 5) is 1.92. The number of rotatable bonds is 2. The second-order valence-corrected chi connectivity index (χ2v) is 7.97. The molecule has 6 heteroatoms. The van der Waals surface area contributed by atoms with Crippen molar-refractivity contribution in [2.75, 3.05) is 34.9 Å². The molecule has 0 aromatic heterocycles. The maximum atomic E-state index is 11.9. The van der Waals surface area contributed by atoms with Crippen LogP contribution in [0, 0.1) is 6.92 Å². The van der Waals surface area contributed by atoms with Gasteiger partial charge in [-0.3, -0.25) is 0 Å². The van der Waals surface area contributed by atoms with Crippen LogP contribution < -0.4 is 10.6 Å². The van der Waals surface area contributed by atoms with E-state index in [2.05, 4.69) is 0 Å². The van der Waals surface area contributed by atoms with Crippen LogP contribution in [-0.2, 0) is 9.84 Å². The highest BCUT2D eigenvalue weighted by molar-refractivity contribution is 8.01. The first-order valence-electron chi connectivity index (χ1n) is 5.79. The third kappa shape index (κ3) is 2.75. The minimum atomic E-state index is -3.10. The van der Waals surface area contributed by atoms with Gasteiger partial charge in [0.1, 0.15) is 5.37 Å². The first-order chi connectivity index (χ1) is 8.39. The molecule has 0 aliphatic carbocycles. The molecule has 0 spiro atoms. The molecular weight excluding hydrogens is 268 g/mol.